The van der Waals surface area contributed by atoms with E-state index < -0.39 is 6.04 Å². The molecule has 0 heterocycles. The Bertz CT molecular complexity index is 256. The highest BCUT2D eigenvalue weighted by Gasteiger charge is 2.25. The lowest BCUT2D eigenvalue weighted by molar-refractivity contribution is -0.136. The van der Waals surface area contributed by atoms with E-state index in [1.165, 1.54) is 6.92 Å². The molecular formula is C11H22N2O2S. The van der Waals surface area contributed by atoms with Gasteiger partial charge in [-0.2, -0.15) is 12.6 Å². The predicted molar refractivity (Wildman–Crippen MR) is 68.5 cm³/mol. The van der Waals surface area contributed by atoms with Crippen molar-refractivity contribution >= 4 is 24.4 Å². The van der Waals surface area contributed by atoms with E-state index in [0.29, 0.717) is 11.7 Å². The summed E-state index contributed by atoms with van der Waals surface area (Å²) in [5.74, 6) is 0.393. The number of amides is 2. The molecule has 0 aromatic heterocycles. The van der Waals surface area contributed by atoms with Crippen LogP contribution < -0.4 is 5.32 Å². The highest BCUT2D eigenvalue weighted by atomic mass is 32.1. The molecule has 94 valence electrons. The minimum absolute atomic E-state index is 0.0913. The molecule has 0 saturated heterocycles. The molecule has 0 rings (SSSR count). The van der Waals surface area contributed by atoms with E-state index in [1.807, 2.05) is 6.92 Å². The van der Waals surface area contributed by atoms with Crippen LogP contribution in [-0.4, -0.2) is 41.6 Å². The zero-order chi connectivity index (χ0) is 12.9. The molecule has 0 aromatic carbocycles. The Hall–Kier alpha value is -0.710. The zero-order valence-electron chi connectivity index (χ0n) is 10.7. The average Bonchev–Trinajstić information content (AvgIpc) is 2.22. The summed E-state index contributed by atoms with van der Waals surface area (Å²) in [6.45, 7) is 7.51. The molecule has 16 heavy (non-hydrogen) atoms. The fraction of sp³-hybridized carbons (Fsp3) is 0.818. The van der Waals surface area contributed by atoms with Gasteiger partial charge in [-0.25, -0.2) is 0 Å². The first-order valence-electron chi connectivity index (χ1n) is 5.45. The number of likely N-dealkylation sites (N-methyl/N-ethyl adjacent to an activating group) is 1. The molecule has 0 spiro atoms. The lowest BCUT2D eigenvalue weighted by Gasteiger charge is -2.31. The van der Waals surface area contributed by atoms with Crippen molar-refractivity contribution in [3.05, 3.63) is 0 Å². The first-order chi connectivity index (χ1) is 7.31. The monoisotopic (exact) mass is 246 g/mol. The summed E-state index contributed by atoms with van der Waals surface area (Å²) in [6.07, 6.45) is 0. The second-order valence-electron chi connectivity index (χ2n) is 4.37. The smallest absolute Gasteiger partial charge is 0.245 e. The highest BCUT2D eigenvalue weighted by Crippen LogP contribution is 2.09. The van der Waals surface area contributed by atoms with E-state index in [0.717, 1.165) is 0 Å². The van der Waals surface area contributed by atoms with Gasteiger partial charge in [-0.05, 0) is 12.8 Å². The van der Waals surface area contributed by atoms with E-state index >= 15 is 0 Å². The van der Waals surface area contributed by atoms with Gasteiger partial charge in [0.1, 0.15) is 6.04 Å². The van der Waals surface area contributed by atoms with Crippen LogP contribution in [0.15, 0.2) is 0 Å². The van der Waals surface area contributed by atoms with Crippen LogP contribution in [0.4, 0.5) is 0 Å². The second kappa shape index (κ2) is 6.78. The Morgan fingerprint density at radius 1 is 1.31 bits per heavy atom. The molecule has 0 aliphatic heterocycles. The number of hydrogen-bond donors (Lipinski definition) is 2. The number of thiol groups is 1. The van der Waals surface area contributed by atoms with Gasteiger partial charge in [-0.15, -0.1) is 0 Å². The summed E-state index contributed by atoms with van der Waals surface area (Å²) in [5, 5.41) is 2.60. The molecule has 0 saturated carbocycles. The van der Waals surface area contributed by atoms with Gasteiger partial charge in [0.25, 0.3) is 0 Å². The van der Waals surface area contributed by atoms with Crippen molar-refractivity contribution in [2.45, 2.75) is 39.8 Å². The standard InChI is InChI=1S/C11H22N2O2S/c1-7(2)8(3)13(5)11(15)10(6-16)12-9(4)14/h7-8,10,16H,6H2,1-5H3,(H,12,14). The third kappa shape index (κ3) is 4.43. The SMILES string of the molecule is CC(=O)NC(CS)C(=O)N(C)C(C)C(C)C. The molecule has 0 radical (unpaired) electrons. The maximum absolute atomic E-state index is 12.0. The Morgan fingerprint density at radius 3 is 2.12 bits per heavy atom. The van der Waals surface area contributed by atoms with Crippen LogP contribution in [0.1, 0.15) is 27.7 Å². The summed E-state index contributed by atoms with van der Waals surface area (Å²) in [6, 6.07) is -0.393. The van der Waals surface area contributed by atoms with Crippen LogP contribution >= 0.6 is 12.6 Å². The minimum atomic E-state index is -0.535. The Kier molecular flexibility index (Phi) is 6.48. The summed E-state index contributed by atoms with van der Waals surface area (Å²) in [5.41, 5.74) is 0. The van der Waals surface area contributed by atoms with Crippen LogP contribution in [0.3, 0.4) is 0 Å². The normalized spacial score (nSPS) is 14.4. The Morgan fingerprint density at radius 2 is 1.81 bits per heavy atom. The molecule has 0 aliphatic rings. The summed E-state index contributed by atoms with van der Waals surface area (Å²) < 4.78 is 0. The van der Waals surface area contributed by atoms with Crippen molar-refractivity contribution in [3.63, 3.8) is 0 Å². The van der Waals surface area contributed by atoms with Crippen molar-refractivity contribution in [2.24, 2.45) is 5.92 Å². The lowest BCUT2D eigenvalue weighted by Crippen LogP contribution is -2.51. The van der Waals surface area contributed by atoms with E-state index in [9.17, 15) is 9.59 Å². The molecule has 0 aliphatic carbocycles. The summed E-state index contributed by atoms with van der Waals surface area (Å²) >= 11 is 4.08. The van der Waals surface area contributed by atoms with Crippen molar-refractivity contribution in [2.75, 3.05) is 12.8 Å². The third-order valence-electron chi connectivity index (χ3n) is 2.78. The van der Waals surface area contributed by atoms with Crippen molar-refractivity contribution in [1.29, 1.82) is 0 Å². The fourth-order valence-electron chi connectivity index (χ4n) is 1.32. The van der Waals surface area contributed by atoms with E-state index in [-0.39, 0.29) is 17.9 Å². The van der Waals surface area contributed by atoms with Gasteiger partial charge in [0.2, 0.25) is 11.8 Å². The number of nitrogens with one attached hydrogen (secondary N) is 1. The Balaban J connectivity index is 4.55. The molecule has 0 fully saturated rings. The molecule has 0 bridgehead atoms. The largest absolute Gasteiger partial charge is 0.344 e. The quantitative estimate of drug-likeness (QED) is 0.709. The van der Waals surface area contributed by atoms with Crippen molar-refractivity contribution < 1.29 is 9.59 Å². The minimum Gasteiger partial charge on any atom is -0.344 e. The van der Waals surface area contributed by atoms with Crippen LogP contribution in [0.5, 0.6) is 0 Å². The van der Waals surface area contributed by atoms with Crippen LogP contribution in [0, 0.1) is 5.92 Å². The maximum atomic E-state index is 12.0. The lowest BCUT2D eigenvalue weighted by atomic mass is 10.0. The van der Waals surface area contributed by atoms with Crippen molar-refractivity contribution in [3.8, 4) is 0 Å². The molecule has 1 N–H and O–H groups in total. The molecule has 0 aromatic rings. The first kappa shape index (κ1) is 15.3. The van der Waals surface area contributed by atoms with E-state index in [4.69, 9.17) is 0 Å². The summed E-state index contributed by atoms with van der Waals surface area (Å²) in [7, 11) is 1.76. The van der Waals surface area contributed by atoms with Gasteiger partial charge in [-0.1, -0.05) is 13.8 Å². The fourth-order valence-corrected chi connectivity index (χ4v) is 1.57. The van der Waals surface area contributed by atoms with E-state index in [2.05, 4.69) is 31.8 Å². The molecule has 4 nitrogen and oxygen atoms in total. The van der Waals surface area contributed by atoms with Gasteiger partial charge >= 0.3 is 0 Å². The zero-order valence-corrected chi connectivity index (χ0v) is 11.5. The van der Waals surface area contributed by atoms with Crippen molar-refractivity contribution in [1.82, 2.24) is 10.2 Å². The highest BCUT2D eigenvalue weighted by molar-refractivity contribution is 7.80. The van der Waals surface area contributed by atoms with Gasteiger partial charge in [0.05, 0.1) is 0 Å². The Labute approximate surface area is 103 Å². The van der Waals surface area contributed by atoms with Gasteiger partial charge in [0, 0.05) is 25.8 Å². The topological polar surface area (TPSA) is 49.4 Å². The van der Waals surface area contributed by atoms with Gasteiger partial charge in [-0.3, -0.25) is 9.59 Å². The van der Waals surface area contributed by atoms with Gasteiger partial charge < -0.3 is 10.2 Å². The number of nitrogens with zero attached hydrogens (tertiary/aromatic N) is 1. The van der Waals surface area contributed by atoms with Crippen LogP contribution in [0.2, 0.25) is 0 Å². The number of carbonyl (C=O) groups excluding carboxylic acids is 2. The maximum Gasteiger partial charge on any atom is 0.245 e. The number of rotatable bonds is 5. The third-order valence-corrected chi connectivity index (χ3v) is 3.15. The number of carbonyl (C=O) groups is 2. The summed E-state index contributed by atoms with van der Waals surface area (Å²) in [4.78, 5) is 24.6. The molecule has 5 heteroatoms. The van der Waals surface area contributed by atoms with Crippen LogP contribution in [0.25, 0.3) is 0 Å². The van der Waals surface area contributed by atoms with E-state index in [1.54, 1.807) is 11.9 Å². The molecule has 2 amide bonds. The predicted octanol–water partition coefficient (Wildman–Crippen LogP) is 0.924. The van der Waals surface area contributed by atoms with Gasteiger partial charge in [0.15, 0.2) is 0 Å². The average molecular weight is 246 g/mol. The molecule has 2 atom stereocenters. The first-order valence-corrected chi connectivity index (χ1v) is 6.09. The van der Waals surface area contributed by atoms with Crippen LogP contribution in [-0.2, 0) is 9.59 Å². The molecular weight excluding hydrogens is 224 g/mol. The molecule has 2 unspecified atom stereocenters. The number of hydrogen-bond acceptors (Lipinski definition) is 3. The second-order valence-corrected chi connectivity index (χ2v) is 4.73.